The Balaban J connectivity index is 2.84. The van der Waals surface area contributed by atoms with Gasteiger partial charge in [-0.25, -0.2) is 4.79 Å². The molecule has 0 fully saturated rings. The Morgan fingerprint density at radius 2 is 1.94 bits per heavy atom. The smallest absolute Gasteiger partial charge is 0.341 e. The Morgan fingerprint density at radius 1 is 1.25 bits per heavy atom. The van der Waals surface area contributed by atoms with Crippen LogP contribution >= 0.6 is 0 Å². The highest BCUT2D eigenvalue weighted by Crippen LogP contribution is 2.10. The minimum absolute atomic E-state index is 0.404. The Kier molecular flexibility index (Phi) is 4.00. The van der Waals surface area contributed by atoms with Crippen molar-refractivity contribution in [1.29, 1.82) is 0 Å². The highest BCUT2D eigenvalue weighted by atomic mass is 16.6. The Bertz CT molecular complexity index is 444. The zero-order valence-electron chi connectivity index (χ0n) is 9.61. The number of esters is 2. The van der Waals surface area contributed by atoms with Crippen LogP contribution in [0, 0.1) is 6.92 Å². The maximum atomic E-state index is 11.3. The zero-order chi connectivity index (χ0) is 12.1. The lowest BCUT2D eigenvalue weighted by atomic mass is 10.1. The van der Waals surface area contributed by atoms with E-state index < -0.39 is 11.9 Å². The molecule has 0 atom stereocenters. The molecule has 3 heteroatoms. The summed E-state index contributed by atoms with van der Waals surface area (Å²) in [6, 6.07) is 7.72. The summed E-state index contributed by atoms with van der Waals surface area (Å²) in [4.78, 5) is 21.9. The van der Waals surface area contributed by atoms with Crippen molar-refractivity contribution >= 4 is 18.0 Å². The van der Waals surface area contributed by atoms with Crippen molar-refractivity contribution in [3.63, 3.8) is 0 Å². The number of carbonyl (C=O) groups is 2. The summed E-state index contributed by atoms with van der Waals surface area (Å²) in [7, 11) is 0. The molecule has 0 saturated carbocycles. The Morgan fingerprint density at radius 3 is 2.50 bits per heavy atom. The van der Waals surface area contributed by atoms with Crippen molar-refractivity contribution in [1.82, 2.24) is 0 Å². The normalized spacial score (nSPS) is 11.1. The second-order valence-corrected chi connectivity index (χ2v) is 3.62. The fourth-order valence-electron chi connectivity index (χ4n) is 1.28. The summed E-state index contributed by atoms with van der Waals surface area (Å²) in [5, 5.41) is 0. The van der Waals surface area contributed by atoms with Gasteiger partial charge in [-0.3, -0.25) is 4.79 Å². The van der Waals surface area contributed by atoms with Crippen LogP contribution in [0.3, 0.4) is 0 Å². The molecule has 0 heterocycles. The summed E-state index contributed by atoms with van der Waals surface area (Å²) in [6.45, 7) is 4.80. The Labute approximate surface area is 94.7 Å². The van der Waals surface area contributed by atoms with Crippen LogP contribution in [0.15, 0.2) is 29.8 Å². The van der Waals surface area contributed by atoms with Gasteiger partial charge >= 0.3 is 11.9 Å². The standard InChI is InChI=1S/C13H14O3/c1-9-5-4-6-12(7-9)8-10(2)13(15)16-11(3)14/h4-8H,1-3H3. The minimum Gasteiger partial charge on any atom is -0.390 e. The summed E-state index contributed by atoms with van der Waals surface area (Å²) < 4.78 is 4.47. The summed E-state index contributed by atoms with van der Waals surface area (Å²) in [5.74, 6) is -1.20. The van der Waals surface area contributed by atoms with Gasteiger partial charge < -0.3 is 4.74 Å². The molecule has 3 nitrogen and oxygen atoms in total. The lowest BCUT2D eigenvalue weighted by Gasteiger charge is -2.01. The summed E-state index contributed by atoms with van der Waals surface area (Å²) in [6.07, 6.45) is 1.69. The molecule has 84 valence electrons. The maximum absolute atomic E-state index is 11.3. The van der Waals surface area contributed by atoms with Crippen molar-refractivity contribution in [3.05, 3.63) is 41.0 Å². The largest absolute Gasteiger partial charge is 0.390 e. The predicted octanol–water partition coefficient (Wildman–Crippen LogP) is 2.49. The SMILES string of the molecule is CC(=O)OC(=O)C(C)=Cc1cccc(C)c1. The molecule has 1 rings (SSSR count). The Hall–Kier alpha value is -1.90. The van der Waals surface area contributed by atoms with Gasteiger partial charge in [0.05, 0.1) is 0 Å². The highest BCUT2D eigenvalue weighted by molar-refractivity contribution is 5.98. The average molecular weight is 218 g/mol. The van der Waals surface area contributed by atoms with E-state index in [-0.39, 0.29) is 0 Å². The number of benzene rings is 1. The first-order valence-electron chi connectivity index (χ1n) is 4.97. The number of aryl methyl sites for hydroxylation is 1. The summed E-state index contributed by atoms with van der Waals surface area (Å²) in [5.41, 5.74) is 2.43. The molecule has 0 unspecified atom stereocenters. The van der Waals surface area contributed by atoms with E-state index in [1.165, 1.54) is 6.92 Å². The zero-order valence-corrected chi connectivity index (χ0v) is 9.61. The summed E-state index contributed by atoms with van der Waals surface area (Å²) >= 11 is 0. The lowest BCUT2D eigenvalue weighted by molar-refractivity contribution is -0.155. The van der Waals surface area contributed by atoms with E-state index in [2.05, 4.69) is 4.74 Å². The third kappa shape index (κ3) is 3.69. The first-order valence-corrected chi connectivity index (χ1v) is 4.97. The molecule has 0 N–H and O–H groups in total. The third-order valence-electron chi connectivity index (χ3n) is 1.98. The van der Waals surface area contributed by atoms with Crippen molar-refractivity contribution in [2.45, 2.75) is 20.8 Å². The van der Waals surface area contributed by atoms with Crippen LogP contribution in [0.25, 0.3) is 6.08 Å². The molecule has 0 bridgehead atoms. The van der Waals surface area contributed by atoms with Crippen LogP contribution in [0.2, 0.25) is 0 Å². The van der Waals surface area contributed by atoms with E-state index in [9.17, 15) is 9.59 Å². The molecular weight excluding hydrogens is 204 g/mol. The van der Waals surface area contributed by atoms with Gasteiger partial charge in [0.2, 0.25) is 0 Å². The van der Waals surface area contributed by atoms with Gasteiger partial charge in [-0.1, -0.05) is 29.8 Å². The van der Waals surface area contributed by atoms with E-state index in [1.807, 2.05) is 31.2 Å². The molecule has 16 heavy (non-hydrogen) atoms. The van der Waals surface area contributed by atoms with Crippen LogP contribution in [0.4, 0.5) is 0 Å². The van der Waals surface area contributed by atoms with Crippen LogP contribution in [-0.4, -0.2) is 11.9 Å². The molecule has 1 aromatic carbocycles. The van der Waals surface area contributed by atoms with E-state index >= 15 is 0 Å². The molecule has 0 aromatic heterocycles. The van der Waals surface area contributed by atoms with Gasteiger partial charge in [0.15, 0.2) is 0 Å². The van der Waals surface area contributed by atoms with Crippen LogP contribution in [0.1, 0.15) is 25.0 Å². The molecule has 0 saturated heterocycles. The monoisotopic (exact) mass is 218 g/mol. The van der Waals surface area contributed by atoms with Crippen molar-refractivity contribution in [2.24, 2.45) is 0 Å². The van der Waals surface area contributed by atoms with E-state index in [1.54, 1.807) is 13.0 Å². The van der Waals surface area contributed by atoms with E-state index in [0.717, 1.165) is 11.1 Å². The van der Waals surface area contributed by atoms with Gasteiger partial charge in [0.1, 0.15) is 0 Å². The number of ether oxygens (including phenoxy) is 1. The van der Waals surface area contributed by atoms with Gasteiger partial charge in [0.25, 0.3) is 0 Å². The molecule has 0 amide bonds. The van der Waals surface area contributed by atoms with Gasteiger partial charge in [-0.05, 0) is 25.5 Å². The average Bonchev–Trinajstić information content (AvgIpc) is 2.16. The molecule has 0 spiro atoms. The van der Waals surface area contributed by atoms with Gasteiger partial charge in [-0.2, -0.15) is 0 Å². The fourth-order valence-corrected chi connectivity index (χ4v) is 1.28. The second kappa shape index (κ2) is 5.26. The molecule has 0 aliphatic heterocycles. The molecular formula is C13H14O3. The van der Waals surface area contributed by atoms with Crippen LogP contribution in [0.5, 0.6) is 0 Å². The molecule has 0 aliphatic rings. The first kappa shape index (κ1) is 12.2. The predicted molar refractivity (Wildman–Crippen MR) is 61.6 cm³/mol. The lowest BCUT2D eigenvalue weighted by Crippen LogP contribution is -2.09. The van der Waals surface area contributed by atoms with Crippen LogP contribution in [-0.2, 0) is 14.3 Å². The highest BCUT2D eigenvalue weighted by Gasteiger charge is 2.08. The molecule has 0 aliphatic carbocycles. The second-order valence-electron chi connectivity index (χ2n) is 3.62. The number of hydrogen-bond donors (Lipinski definition) is 0. The topological polar surface area (TPSA) is 43.4 Å². The van der Waals surface area contributed by atoms with Crippen molar-refractivity contribution < 1.29 is 14.3 Å². The number of hydrogen-bond acceptors (Lipinski definition) is 3. The minimum atomic E-state index is -0.603. The van der Waals surface area contributed by atoms with Crippen LogP contribution < -0.4 is 0 Å². The van der Waals surface area contributed by atoms with Gasteiger partial charge in [0, 0.05) is 12.5 Å². The number of rotatable bonds is 2. The molecule has 1 aromatic rings. The quantitative estimate of drug-likeness (QED) is 0.435. The maximum Gasteiger partial charge on any atom is 0.341 e. The van der Waals surface area contributed by atoms with Crippen molar-refractivity contribution in [3.8, 4) is 0 Å². The first-order chi connectivity index (χ1) is 7.49. The van der Waals surface area contributed by atoms with E-state index in [0.29, 0.717) is 5.57 Å². The van der Waals surface area contributed by atoms with Gasteiger partial charge in [-0.15, -0.1) is 0 Å². The fraction of sp³-hybridized carbons (Fsp3) is 0.231. The van der Waals surface area contributed by atoms with E-state index in [4.69, 9.17) is 0 Å². The number of carbonyl (C=O) groups excluding carboxylic acids is 2. The third-order valence-corrected chi connectivity index (χ3v) is 1.98. The van der Waals surface area contributed by atoms with Crippen molar-refractivity contribution in [2.75, 3.05) is 0 Å². The molecule has 0 radical (unpaired) electrons.